The van der Waals surface area contributed by atoms with Crippen LogP contribution in [0.3, 0.4) is 0 Å². The number of nitrogens with zero attached hydrogens (tertiary/aromatic N) is 2. The van der Waals surface area contributed by atoms with Gasteiger partial charge in [-0.15, -0.1) is 0 Å². The molecule has 0 bridgehead atoms. The van der Waals surface area contributed by atoms with Crippen molar-refractivity contribution in [2.24, 2.45) is 5.73 Å². The van der Waals surface area contributed by atoms with Gasteiger partial charge in [-0.1, -0.05) is 0 Å². The van der Waals surface area contributed by atoms with Gasteiger partial charge in [-0.05, 0) is 27.4 Å². The Morgan fingerprint density at radius 3 is 2.81 bits per heavy atom. The summed E-state index contributed by atoms with van der Waals surface area (Å²) < 4.78 is 0. The summed E-state index contributed by atoms with van der Waals surface area (Å²) >= 11 is 0. The Balaban J connectivity index is 2.60. The number of hydrogen-bond acceptors (Lipinski definition) is 4. The topological polar surface area (TPSA) is 61.6 Å². The Morgan fingerprint density at radius 2 is 2.25 bits per heavy atom. The molecule has 0 aromatic carbocycles. The highest BCUT2D eigenvalue weighted by Gasteiger charge is 2.28. The lowest BCUT2D eigenvalue weighted by Gasteiger charge is -2.28. The summed E-state index contributed by atoms with van der Waals surface area (Å²) in [6, 6.07) is 0.0933. The molecule has 1 aliphatic rings. The van der Waals surface area contributed by atoms with E-state index in [-0.39, 0.29) is 18.0 Å². The average Bonchev–Trinajstić information content (AvgIpc) is 2.34. The van der Waals surface area contributed by atoms with Gasteiger partial charge >= 0.3 is 0 Å². The monoisotopic (exact) mass is 228 g/mol. The summed E-state index contributed by atoms with van der Waals surface area (Å²) in [5, 5.41) is 2.99. The van der Waals surface area contributed by atoms with E-state index in [0.717, 1.165) is 26.1 Å². The van der Waals surface area contributed by atoms with E-state index in [1.807, 2.05) is 21.0 Å². The number of hydrogen-bond donors (Lipinski definition) is 2. The van der Waals surface area contributed by atoms with E-state index in [2.05, 4.69) is 15.1 Å². The van der Waals surface area contributed by atoms with Gasteiger partial charge in [-0.3, -0.25) is 9.69 Å². The maximum atomic E-state index is 11.9. The number of carbonyl (C=O) groups is 1. The zero-order chi connectivity index (χ0) is 12.1. The van der Waals surface area contributed by atoms with Crippen LogP contribution in [0.25, 0.3) is 0 Å². The highest BCUT2D eigenvalue weighted by atomic mass is 16.2. The van der Waals surface area contributed by atoms with E-state index < -0.39 is 0 Å². The molecular weight excluding hydrogens is 204 g/mol. The van der Waals surface area contributed by atoms with Gasteiger partial charge in [-0.2, -0.15) is 0 Å². The molecule has 0 saturated carbocycles. The number of nitrogens with two attached hydrogens (primary N) is 1. The van der Waals surface area contributed by atoms with E-state index in [4.69, 9.17) is 5.73 Å². The van der Waals surface area contributed by atoms with Crippen molar-refractivity contribution in [1.82, 2.24) is 15.1 Å². The molecule has 0 aromatic heterocycles. The van der Waals surface area contributed by atoms with Crippen molar-refractivity contribution >= 4 is 5.91 Å². The third kappa shape index (κ3) is 3.73. The number of nitrogens with one attached hydrogen (secondary N) is 1. The summed E-state index contributed by atoms with van der Waals surface area (Å²) in [6.07, 6.45) is 0.996. The zero-order valence-electron chi connectivity index (χ0n) is 10.6. The summed E-state index contributed by atoms with van der Waals surface area (Å²) in [5.74, 6) is 0.0752. The molecular formula is C11H24N4O. The standard InChI is InChI=1S/C11H24N4O/c1-9-4-5-15(7-6-14(2)3)10(8-12)11(16)13-9/h9-10H,4-8,12H2,1-3H3,(H,13,16). The molecule has 1 saturated heterocycles. The number of rotatable bonds is 4. The van der Waals surface area contributed by atoms with Crippen molar-refractivity contribution in [2.75, 3.05) is 40.3 Å². The second-order valence-electron chi connectivity index (χ2n) is 4.79. The maximum Gasteiger partial charge on any atom is 0.238 e. The van der Waals surface area contributed by atoms with Gasteiger partial charge in [0.25, 0.3) is 0 Å². The maximum absolute atomic E-state index is 11.9. The second-order valence-corrected chi connectivity index (χ2v) is 4.79. The highest BCUT2D eigenvalue weighted by molar-refractivity contribution is 5.82. The molecule has 1 fully saturated rings. The molecule has 0 spiro atoms. The second kappa shape index (κ2) is 6.18. The van der Waals surface area contributed by atoms with Gasteiger partial charge in [0.1, 0.15) is 6.04 Å². The lowest BCUT2D eigenvalue weighted by atomic mass is 10.2. The zero-order valence-corrected chi connectivity index (χ0v) is 10.6. The third-order valence-electron chi connectivity index (χ3n) is 3.04. The molecule has 3 N–H and O–H groups in total. The first kappa shape index (κ1) is 13.4. The molecule has 1 rings (SSSR count). The Morgan fingerprint density at radius 1 is 1.56 bits per heavy atom. The molecule has 1 amide bonds. The minimum atomic E-state index is -0.162. The van der Waals surface area contributed by atoms with Crippen LogP contribution in [0.1, 0.15) is 13.3 Å². The smallest absolute Gasteiger partial charge is 0.238 e. The fourth-order valence-electron chi connectivity index (χ4n) is 1.94. The van der Waals surface area contributed by atoms with Crippen LogP contribution < -0.4 is 11.1 Å². The summed E-state index contributed by atoms with van der Waals surface area (Å²) in [5.41, 5.74) is 5.69. The molecule has 5 nitrogen and oxygen atoms in total. The predicted octanol–water partition coefficient (Wildman–Crippen LogP) is -0.914. The Labute approximate surface area is 98.0 Å². The Bertz CT molecular complexity index is 232. The molecule has 2 unspecified atom stereocenters. The highest BCUT2D eigenvalue weighted by Crippen LogP contribution is 2.07. The summed E-state index contributed by atoms with van der Waals surface area (Å²) in [7, 11) is 4.08. The van der Waals surface area contributed by atoms with Crippen LogP contribution in [-0.2, 0) is 4.79 Å². The lowest BCUT2D eigenvalue weighted by molar-refractivity contribution is -0.125. The quantitative estimate of drug-likeness (QED) is 0.654. The van der Waals surface area contributed by atoms with Crippen LogP contribution in [0.2, 0.25) is 0 Å². The molecule has 1 heterocycles. The minimum absolute atomic E-state index is 0.0752. The van der Waals surface area contributed by atoms with Gasteiger partial charge in [0.2, 0.25) is 5.91 Å². The number of carbonyl (C=O) groups excluding carboxylic acids is 1. The normalized spacial score (nSPS) is 27.9. The number of likely N-dealkylation sites (N-methyl/N-ethyl adjacent to an activating group) is 1. The average molecular weight is 228 g/mol. The largest absolute Gasteiger partial charge is 0.352 e. The van der Waals surface area contributed by atoms with E-state index in [0.29, 0.717) is 6.54 Å². The molecule has 0 aliphatic carbocycles. The van der Waals surface area contributed by atoms with Gasteiger partial charge < -0.3 is 16.0 Å². The first-order valence-electron chi connectivity index (χ1n) is 5.93. The van der Waals surface area contributed by atoms with Crippen molar-refractivity contribution in [2.45, 2.75) is 25.4 Å². The molecule has 1 aliphatic heterocycles. The molecule has 0 radical (unpaired) electrons. The molecule has 0 aromatic rings. The fraction of sp³-hybridized carbons (Fsp3) is 0.909. The van der Waals surface area contributed by atoms with Crippen LogP contribution in [-0.4, -0.2) is 68.1 Å². The van der Waals surface area contributed by atoms with Crippen molar-refractivity contribution in [3.63, 3.8) is 0 Å². The predicted molar refractivity (Wildman–Crippen MR) is 65.2 cm³/mol. The van der Waals surface area contributed by atoms with E-state index in [1.165, 1.54) is 0 Å². The van der Waals surface area contributed by atoms with Crippen LogP contribution in [0.4, 0.5) is 0 Å². The van der Waals surface area contributed by atoms with Crippen LogP contribution >= 0.6 is 0 Å². The van der Waals surface area contributed by atoms with Crippen LogP contribution in [0, 0.1) is 0 Å². The van der Waals surface area contributed by atoms with Crippen LogP contribution in [0.5, 0.6) is 0 Å². The van der Waals surface area contributed by atoms with Gasteiger partial charge in [0, 0.05) is 32.2 Å². The van der Waals surface area contributed by atoms with E-state index in [1.54, 1.807) is 0 Å². The van der Waals surface area contributed by atoms with E-state index in [9.17, 15) is 4.79 Å². The molecule has 5 heteroatoms. The molecule has 94 valence electrons. The van der Waals surface area contributed by atoms with Crippen molar-refractivity contribution in [3.05, 3.63) is 0 Å². The SMILES string of the molecule is CC1CCN(CCN(C)C)C(CN)C(=O)N1. The molecule has 2 atom stereocenters. The Kier molecular flexibility index (Phi) is 5.18. The Hall–Kier alpha value is -0.650. The van der Waals surface area contributed by atoms with Crippen molar-refractivity contribution < 1.29 is 4.79 Å². The van der Waals surface area contributed by atoms with E-state index >= 15 is 0 Å². The molecule has 16 heavy (non-hydrogen) atoms. The lowest BCUT2D eigenvalue weighted by Crippen LogP contribution is -2.50. The van der Waals surface area contributed by atoms with Gasteiger partial charge in [-0.25, -0.2) is 0 Å². The third-order valence-corrected chi connectivity index (χ3v) is 3.04. The summed E-state index contributed by atoms with van der Waals surface area (Å²) in [6.45, 7) is 5.23. The minimum Gasteiger partial charge on any atom is -0.352 e. The first-order valence-corrected chi connectivity index (χ1v) is 5.93. The van der Waals surface area contributed by atoms with Gasteiger partial charge in [0.05, 0.1) is 0 Å². The first-order chi connectivity index (χ1) is 7.54. The van der Waals surface area contributed by atoms with Crippen molar-refractivity contribution in [3.8, 4) is 0 Å². The summed E-state index contributed by atoms with van der Waals surface area (Å²) in [4.78, 5) is 16.2. The van der Waals surface area contributed by atoms with Crippen molar-refractivity contribution in [1.29, 1.82) is 0 Å². The fourth-order valence-corrected chi connectivity index (χ4v) is 1.94. The van der Waals surface area contributed by atoms with Crippen LogP contribution in [0.15, 0.2) is 0 Å². The number of amides is 1. The van der Waals surface area contributed by atoms with Gasteiger partial charge in [0.15, 0.2) is 0 Å².